The Bertz CT molecular complexity index is 1010. The molecule has 6 heteroatoms. The van der Waals surface area contributed by atoms with E-state index in [9.17, 15) is 9.59 Å². The fraction of sp³-hybridized carbons (Fsp3) is 0.227. The number of rotatable bonds is 6. The van der Waals surface area contributed by atoms with Crippen molar-refractivity contribution < 1.29 is 19.1 Å². The highest BCUT2D eigenvalue weighted by Crippen LogP contribution is 2.22. The summed E-state index contributed by atoms with van der Waals surface area (Å²) in [4.78, 5) is 25.4. The van der Waals surface area contributed by atoms with Crippen LogP contribution in [0.3, 0.4) is 0 Å². The molecule has 6 nitrogen and oxygen atoms in total. The van der Waals surface area contributed by atoms with E-state index in [1.807, 2.05) is 56.3 Å². The van der Waals surface area contributed by atoms with Gasteiger partial charge in [-0.3, -0.25) is 4.79 Å². The second-order valence-corrected chi connectivity index (χ2v) is 6.56. The lowest BCUT2D eigenvalue weighted by Crippen LogP contribution is -2.25. The molecule has 1 aromatic heterocycles. The summed E-state index contributed by atoms with van der Waals surface area (Å²) in [6, 6.07) is 14.9. The second kappa shape index (κ2) is 8.08. The van der Waals surface area contributed by atoms with Crippen molar-refractivity contribution in [3.05, 3.63) is 77.1 Å². The molecule has 0 radical (unpaired) electrons. The minimum Gasteiger partial charge on any atom is -0.493 e. The lowest BCUT2D eigenvalue weighted by Gasteiger charge is -2.14. The van der Waals surface area contributed by atoms with Crippen molar-refractivity contribution in [1.82, 2.24) is 9.78 Å². The van der Waals surface area contributed by atoms with Gasteiger partial charge in [-0.15, -0.1) is 0 Å². The number of aryl methyl sites for hydroxylation is 2. The zero-order chi connectivity index (χ0) is 20.3. The predicted octanol–water partition coefficient (Wildman–Crippen LogP) is 3.93. The maximum atomic E-state index is 12.7. The number of Topliss-reactive ketones (excluding diaryl/α,β-unsaturated/α-hetero) is 1. The van der Waals surface area contributed by atoms with E-state index >= 15 is 0 Å². The lowest BCUT2D eigenvalue weighted by molar-refractivity contribution is 0.0309. The highest BCUT2D eigenvalue weighted by Gasteiger charge is 2.26. The summed E-state index contributed by atoms with van der Waals surface area (Å²) in [7, 11) is 1.45. The monoisotopic (exact) mass is 378 g/mol. The van der Waals surface area contributed by atoms with Crippen LogP contribution in [-0.2, 0) is 4.74 Å². The Labute approximate surface area is 163 Å². The van der Waals surface area contributed by atoms with Crippen molar-refractivity contribution in [2.45, 2.75) is 26.9 Å². The number of ketones is 1. The van der Waals surface area contributed by atoms with E-state index in [2.05, 4.69) is 5.10 Å². The first kappa shape index (κ1) is 19.4. The summed E-state index contributed by atoms with van der Waals surface area (Å²) >= 11 is 0. The fourth-order valence-electron chi connectivity index (χ4n) is 2.85. The average Bonchev–Trinajstić information content (AvgIpc) is 3.14. The van der Waals surface area contributed by atoms with E-state index in [1.54, 1.807) is 19.2 Å². The summed E-state index contributed by atoms with van der Waals surface area (Å²) < 4.78 is 12.2. The fourth-order valence-corrected chi connectivity index (χ4v) is 2.85. The predicted molar refractivity (Wildman–Crippen MR) is 105 cm³/mol. The molecular formula is C22H22N2O4. The number of hydrogen-bond acceptors (Lipinski definition) is 5. The number of methoxy groups -OCH3 is 1. The number of para-hydroxylation sites is 1. The molecule has 0 amide bonds. The van der Waals surface area contributed by atoms with Gasteiger partial charge >= 0.3 is 5.97 Å². The van der Waals surface area contributed by atoms with E-state index in [1.165, 1.54) is 11.8 Å². The maximum absolute atomic E-state index is 12.7. The van der Waals surface area contributed by atoms with Gasteiger partial charge in [-0.1, -0.05) is 35.9 Å². The highest BCUT2D eigenvalue weighted by atomic mass is 16.5. The van der Waals surface area contributed by atoms with E-state index in [0.717, 1.165) is 16.8 Å². The zero-order valence-corrected chi connectivity index (χ0v) is 16.3. The van der Waals surface area contributed by atoms with Gasteiger partial charge in [0.05, 0.1) is 19.0 Å². The van der Waals surface area contributed by atoms with Crippen LogP contribution >= 0.6 is 0 Å². The van der Waals surface area contributed by atoms with Gasteiger partial charge in [-0.05, 0) is 44.5 Å². The molecule has 0 saturated heterocycles. The molecule has 0 aliphatic rings. The number of carbonyl (C=O) groups excluding carboxylic acids is 2. The van der Waals surface area contributed by atoms with Crippen LogP contribution in [0.5, 0.6) is 5.75 Å². The molecule has 1 atom stereocenters. The summed E-state index contributed by atoms with van der Waals surface area (Å²) in [5, 5.41) is 4.27. The van der Waals surface area contributed by atoms with E-state index < -0.39 is 12.1 Å². The molecule has 1 heterocycles. The van der Waals surface area contributed by atoms with Gasteiger partial charge in [0.25, 0.3) is 0 Å². The molecule has 0 spiro atoms. The van der Waals surface area contributed by atoms with E-state index in [-0.39, 0.29) is 17.2 Å². The van der Waals surface area contributed by atoms with Crippen molar-refractivity contribution in [3.63, 3.8) is 0 Å². The van der Waals surface area contributed by atoms with Gasteiger partial charge in [-0.2, -0.15) is 5.10 Å². The number of aromatic nitrogens is 2. The molecule has 0 aliphatic heterocycles. The first-order chi connectivity index (χ1) is 13.4. The van der Waals surface area contributed by atoms with Crippen LogP contribution < -0.4 is 4.74 Å². The summed E-state index contributed by atoms with van der Waals surface area (Å²) in [5.41, 5.74) is 3.15. The van der Waals surface area contributed by atoms with Gasteiger partial charge in [-0.25, -0.2) is 9.48 Å². The normalized spacial score (nSPS) is 11.7. The molecule has 0 fully saturated rings. The third kappa shape index (κ3) is 3.96. The molecule has 28 heavy (non-hydrogen) atoms. The van der Waals surface area contributed by atoms with Crippen LogP contribution in [0.25, 0.3) is 5.69 Å². The molecule has 2 aromatic carbocycles. The SMILES string of the molecule is COc1cn(-c2ccccc2)nc1C(=O)O[C@@H](C)C(=O)c1cc(C)ccc1C. The van der Waals surface area contributed by atoms with Crippen molar-refractivity contribution in [1.29, 1.82) is 0 Å². The lowest BCUT2D eigenvalue weighted by atomic mass is 9.99. The van der Waals surface area contributed by atoms with Crippen LogP contribution in [0.15, 0.2) is 54.7 Å². The maximum Gasteiger partial charge on any atom is 0.363 e. The van der Waals surface area contributed by atoms with Gasteiger partial charge < -0.3 is 9.47 Å². The van der Waals surface area contributed by atoms with E-state index in [0.29, 0.717) is 5.56 Å². The molecule has 3 rings (SSSR count). The quantitative estimate of drug-likeness (QED) is 0.480. The Morgan fingerprint density at radius 2 is 1.79 bits per heavy atom. The van der Waals surface area contributed by atoms with Gasteiger partial charge in [0.2, 0.25) is 11.5 Å². The van der Waals surface area contributed by atoms with Crippen LogP contribution in [0.4, 0.5) is 0 Å². The highest BCUT2D eigenvalue weighted by molar-refractivity contribution is 6.02. The molecular weight excluding hydrogens is 356 g/mol. The molecule has 144 valence electrons. The van der Waals surface area contributed by atoms with Gasteiger partial charge in [0.15, 0.2) is 11.9 Å². The Balaban J connectivity index is 1.81. The number of nitrogens with zero attached hydrogens (tertiary/aromatic N) is 2. The number of hydrogen-bond donors (Lipinski definition) is 0. The number of benzene rings is 2. The van der Waals surface area contributed by atoms with Crippen molar-refractivity contribution in [2.75, 3.05) is 7.11 Å². The minimum absolute atomic E-state index is 0.0203. The molecule has 0 saturated carbocycles. The third-order valence-electron chi connectivity index (χ3n) is 4.43. The minimum atomic E-state index is -0.945. The number of ether oxygens (including phenoxy) is 2. The molecule has 0 N–H and O–H groups in total. The van der Waals surface area contributed by atoms with Crippen molar-refractivity contribution >= 4 is 11.8 Å². The summed E-state index contributed by atoms with van der Waals surface area (Å²) in [6.45, 7) is 5.32. The Kier molecular flexibility index (Phi) is 5.59. The van der Waals surface area contributed by atoms with Crippen LogP contribution in [0.1, 0.15) is 38.9 Å². The molecule has 0 bridgehead atoms. The molecule has 0 aliphatic carbocycles. The Morgan fingerprint density at radius 1 is 1.07 bits per heavy atom. The standard InChI is InChI=1S/C22H22N2O4/c1-14-10-11-15(2)18(12-14)21(25)16(3)28-22(26)20-19(27-4)13-24(23-20)17-8-6-5-7-9-17/h5-13,16H,1-4H3/t16-/m0/s1. The van der Waals surface area contributed by atoms with Crippen LogP contribution in [0, 0.1) is 13.8 Å². The second-order valence-electron chi connectivity index (χ2n) is 6.56. The van der Waals surface area contributed by atoms with Gasteiger partial charge in [0.1, 0.15) is 0 Å². The van der Waals surface area contributed by atoms with Crippen LogP contribution in [-0.4, -0.2) is 34.7 Å². The first-order valence-corrected chi connectivity index (χ1v) is 8.92. The van der Waals surface area contributed by atoms with E-state index in [4.69, 9.17) is 9.47 Å². The Hall–Kier alpha value is -3.41. The first-order valence-electron chi connectivity index (χ1n) is 8.92. The van der Waals surface area contributed by atoms with Crippen LogP contribution in [0.2, 0.25) is 0 Å². The van der Waals surface area contributed by atoms with Crippen molar-refractivity contribution in [2.24, 2.45) is 0 Å². The largest absolute Gasteiger partial charge is 0.493 e. The topological polar surface area (TPSA) is 70.4 Å². The number of esters is 1. The third-order valence-corrected chi connectivity index (χ3v) is 4.43. The summed E-state index contributed by atoms with van der Waals surface area (Å²) in [6.07, 6.45) is 0.655. The van der Waals surface area contributed by atoms with Crippen molar-refractivity contribution in [3.8, 4) is 11.4 Å². The number of carbonyl (C=O) groups is 2. The summed E-state index contributed by atoms with van der Waals surface area (Å²) in [5.74, 6) is -0.686. The smallest absolute Gasteiger partial charge is 0.363 e. The van der Waals surface area contributed by atoms with Gasteiger partial charge in [0, 0.05) is 5.56 Å². The molecule has 0 unspecified atom stereocenters. The molecule has 3 aromatic rings. The zero-order valence-electron chi connectivity index (χ0n) is 16.3. The Morgan fingerprint density at radius 3 is 2.46 bits per heavy atom. The average molecular weight is 378 g/mol.